The van der Waals surface area contributed by atoms with Crippen LogP contribution in [0.4, 0.5) is 0 Å². The van der Waals surface area contributed by atoms with E-state index in [0.717, 1.165) is 32.2 Å². The van der Waals surface area contributed by atoms with Crippen LogP contribution in [0.5, 0.6) is 0 Å². The Labute approximate surface area is 94.5 Å². The monoisotopic (exact) mass is 223 g/mol. The van der Waals surface area contributed by atoms with Crippen LogP contribution in [0.2, 0.25) is 0 Å². The molecule has 0 aromatic carbocycles. The average molecular weight is 223 g/mol. The Morgan fingerprint density at radius 3 is 3.12 bits per heavy atom. The predicted octanol–water partition coefficient (Wildman–Crippen LogP) is 0.787. The Bertz CT molecular complexity index is 337. The molecule has 0 bridgehead atoms. The van der Waals surface area contributed by atoms with Gasteiger partial charge < -0.3 is 10.0 Å². The number of carbonyl (C=O) groups excluding carboxylic acids is 1. The topological polar surface area (TPSA) is 69.2 Å². The zero-order valence-corrected chi connectivity index (χ0v) is 9.22. The van der Waals surface area contributed by atoms with Crippen LogP contribution >= 0.6 is 0 Å². The molecule has 5 heteroatoms. The van der Waals surface area contributed by atoms with Gasteiger partial charge in [-0.2, -0.15) is 5.10 Å². The van der Waals surface area contributed by atoms with Gasteiger partial charge in [0.1, 0.15) is 0 Å². The van der Waals surface area contributed by atoms with Crippen molar-refractivity contribution in [1.82, 2.24) is 15.1 Å². The third kappa shape index (κ3) is 2.24. The molecule has 1 aromatic heterocycles. The van der Waals surface area contributed by atoms with E-state index >= 15 is 0 Å². The molecule has 1 atom stereocenters. The van der Waals surface area contributed by atoms with Crippen molar-refractivity contribution in [3.8, 4) is 0 Å². The summed E-state index contributed by atoms with van der Waals surface area (Å²) in [7, 11) is 0. The normalized spacial score (nSPS) is 21.8. The van der Waals surface area contributed by atoms with Crippen molar-refractivity contribution >= 4 is 5.91 Å². The number of aromatic amines is 1. The number of aliphatic hydroxyl groups excluding tert-OH is 1. The minimum atomic E-state index is -0.0371. The number of likely N-dealkylation sites (tertiary alicyclic amines) is 1. The molecule has 16 heavy (non-hydrogen) atoms. The van der Waals surface area contributed by atoms with Gasteiger partial charge in [0.15, 0.2) is 0 Å². The van der Waals surface area contributed by atoms with Crippen LogP contribution in [0.3, 0.4) is 0 Å². The largest absolute Gasteiger partial charge is 0.394 e. The minimum absolute atomic E-state index is 0.0327. The molecule has 0 saturated carbocycles. The first kappa shape index (κ1) is 11.1. The van der Waals surface area contributed by atoms with Crippen molar-refractivity contribution in [3.63, 3.8) is 0 Å². The van der Waals surface area contributed by atoms with Gasteiger partial charge in [-0.3, -0.25) is 9.89 Å². The molecule has 5 nitrogen and oxygen atoms in total. The minimum Gasteiger partial charge on any atom is -0.394 e. The summed E-state index contributed by atoms with van der Waals surface area (Å²) in [4.78, 5) is 13.9. The fourth-order valence-corrected chi connectivity index (χ4v) is 2.17. The van der Waals surface area contributed by atoms with Crippen LogP contribution in [-0.2, 0) is 0 Å². The van der Waals surface area contributed by atoms with Gasteiger partial charge in [0, 0.05) is 12.7 Å². The summed E-state index contributed by atoms with van der Waals surface area (Å²) >= 11 is 0. The Balaban J connectivity index is 2.13. The summed E-state index contributed by atoms with van der Waals surface area (Å²) in [6.07, 6.45) is 7.25. The second-order valence-electron chi connectivity index (χ2n) is 4.17. The summed E-state index contributed by atoms with van der Waals surface area (Å²) in [6, 6.07) is -0.0371. The van der Waals surface area contributed by atoms with Crippen molar-refractivity contribution in [2.75, 3.05) is 13.2 Å². The van der Waals surface area contributed by atoms with Crippen LogP contribution in [0.15, 0.2) is 12.4 Å². The Morgan fingerprint density at radius 2 is 2.44 bits per heavy atom. The van der Waals surface area contributed by atoms with Crippen LogP contribution in [0.1, 0.15) is 36.0 Å². The first-order valence-electron chi connectivity index (χ1n) is 5.73. The van der Waals surface area contributed by atoms with Gasteiger partial charge in [0.2, 0.25) is 0 Å². The summed E-state index contributed by atoms with van der Waals surface area (Å²) in [5.41, 5.74) is 0.570. The molecule has 1 fully saturated rings. The number of carbonyl (C=O) groups is 1. The van der Waals surface area contributed by atoms with Crippen LogP contribution in [-0.4, -0.2) is 45.3 Å². The number of H-pyrrole nitrogens is 1. The first-order valence-corrected chi connectivity index (χ1v) is 5.73. The lowest BCUT2D eigenvalue weighted by Gasteiger charge is -2.28. The molecule has 2 heterocycles. The van der Waals surface area contributed by atoms with Crippen LogP contribution in [0.25, 0.3) is 0 Å². The van der Waals surface area contributed by atoms with E-state index in [0.29, 0.717) is 5.56 Å². The standard InChI is InChI=1S/C11H17N3O2/c15-8-10-4-2-1-3-5-14(10)11(16)9-6-12-13-7-9/h6-7,10,15H,1-5,8H2,(H,12,13). The van der Waals surface area contributed by atoms with Crippen LogP contribution in [0, 0.1) is 0 Å². The molecule has 2 N–H and O–H groups in total. The maximum atomic E-state index is 12.1. The van der Waals surface area contributed by atoms with Crippen molar-refractivity contribution < 1.29 is 9.90 Å². The fourth-order valence-electron chi connectivity index (χ4n) is 2.17. The molecule has 0 spiro atoms. The lowest BCUT2D eigenvalue weighted by molar-refractivity contribution is 0.0600. The van der Waals surface area contributed by atoms with Crippen molar-refractivity contribution in [2.24, 2.45) is 0 Å². The van der Waals surface area contributed by atoms with Gasteiger partial charge in [0.05, 0.1) is 24.4 Å². The highest BCUT2D eigenvalue weighted by Crippen LogP contribution is 2.18. The smallest absolute Gasteiger partial charge is 0.257 e. The molecular formula is C11H17N3O2. The van der Waals surface area contributed by atoms with Crippen molar-refractivity contribution in [3.05, 3.63) is 18.0 Å². The van der Waals surface area contributed by atoms with Gasteiger partial charge in [-0.1, -0.05) is 12.8 Å². The Kier molecular flexibility index (Phi) is 3.56. The second kappa shape index (κ2) is 5.12. The molecule has 0 aliphatic carbocycles. The summed E-state index contributed by atoms with van der Waals surface area (Å²) in [5.74, 6) is -0.0327. The second-order valence-corrected chi connectivity index (χ2v) is 4.17. The summed E-state index contributed by atoms with van der Waals surface area (Å²) < 4.78 is 0. The van der Waals surface area contributed by atoms with E-state index in [9.17, 15) is 9.90 Å². The van der Waals surface area contributed by atoms with E-state index < -0.39 is 0 Å². The third-order valence-corrected chi connectivity index (χ3v) is 3.09. The number of aromatic nitrogens is 2. The molecule has 1 amide bonds. The number of rotatable bonds is 2. The summed E-state index contributed by atoms with van der Waals surface area (Å²) in [6.45, 7) is 0.777. The van der Waals surface area contributed by atoms with Crippen molar-refractivity contribution in [1.29, 1.82) is 0 Å². The van der Waals surface area contributed by atoms with E-state index in [1.54, 1.807) is 11.1 Å². The third-order valence-electron chi connectivity index (χ3n) is 3.09. The highest BCUT2D eigenvalue weighted by atomic mass is 16.3. The number of nitrogens with one attached hydrogen (secondary N) is 1. The fraction of sp³-hybridized carbons (Fsp3) is 0.636. The van der Waals surface area contributed by atoms with E-state index in [-0.39, 0.29) is 18.6 Å². The SMILES string of the molecule is O=C(c1cn[nH]c1)N1CCCCCC1CO. The molecule has 2 rings (SSSR count). The molecule has 1 unspecified atom stereocenters. The molecule has 1 aliphatic heterocycles. The zero-order valence-electron chi connectivity index (χ0n) is 9.22. The van der Waals surface area contributed by atoms with Gasteiger partial charge in [-0.05, 0) is 12.8 Å². The molecule has 1 aliphatic rings. The van der Waals surface area contributed by atoms with E-state index in [4.69, 9.17) is 0 Å². The quantitative estimate of drug-likeness (QED) is 0.778. The highest BCUT2D eigenvalue weighted by molar-refractivity contribution is 5.93. The maximum absolute atomic E-state index is 12.1. The van der Waals surface area contributed by atoms with Gasteiger partial charge in [-0.15, -0.1) is 0 Å². The Morgan fingerprint density at radius 1 is 1.56 bits per heavy atom. The van der Waals surface area contributed by atoms with E-state index in [1.165, 1.54) is 6.20 Å². The number of hydrogen-bond acceptors (Lipinski definition) is 3. The molecular weight excluding hydrogens is 206 g/mol. The lowest BCUT2D eigenvalue weighted by atomic mass is 10.1. The lowest BCUT2D eigenvalue weighted by Crippen LogP contribution is -2.41. The molecule has 0 radical (unpaired) electrons. The van der Waals surface area contributed by atoms with Gasteiger partial charge >= 0.3 is 0 Å². The number of nitrogens with zero attached hydrogens (tertiary/aromatic N) is 2. The highest BCUT2D eigenvalue weighted by Gasteiger charge is 2.25. The van der Waals surface area contributed by atoms with Gasteiger partial charge in [-0.25, -0.2) is 0 Å². The Hall–Kier alpha value is -1.36. The first-order chi connectivity index (χ1) is 7.83. The average Bonchev–Trinajstić information content (AvgIpc) is 2.73. The number of aliphatic hydroxyl groups is 1. The zero-order chi connectivity index (χ0) is 11.4. The molecule has 88 valence electrons. The van der Waals surface area contributed by atoms with Crippen LogP contribution < -0.4 is 0 Å². The van der Waals surface area contributed by atoms with Crippen molar-refractivity contribution in [2.45, 2.75) is 31.7 Å². The number of amides is 1. The van der Waals surface area contributed by atoms with Gasteiger partial charge in [0.25, 0.3) is 5.91 Å². The number of hydrogen-bond donors (Lipinski definition) is 2. The molecule has 1 aromatic rings. The van der Waals surface area contributed by atoms with E-state index in [2.05, 4.69) is 10.2 Å². The maximum Gasteiger partial charge on any atom is 0.257 e. The molecule has 1 saturated heterocycles. The van der Waals surface area contributed by atoms with E-state index in [1.807, 2.05) is 0 Å². The predicted molar refractivity (Wildman–Crippen MR) is 59.0 cm³/mol. The summed E-state index contributed by atoms with van der Waals surface area (Å²) in [5, 5.41) is 15.7.